The van der Waals surface area contributed by atoms with Crippen molar-refractivity contribution in [3.8, 4) is 0 Å². The third-order valence-electron chi connectivity index (χ3n) is 4.63. The van der Waals surface area contributed by atoms with Crippen molar-refractivity contribution in [3.05, 3.63) is 28.3 Å². The largest absolute Gasteiger partial charge is 0.393 e. The maximum Gasteiger partial charge on any atom is 0.333 e. The van der Waals surface area contributed by atoms with Crippen molar-refractivity contribution < 1.29 is 18.3 Å². The van der Waals surface area contributed by atoms with Crippen LogP contribution in [0.5, 0.6) is 0 Å². The van der Waals surface area contributed by atoms with E-state index in [0.29, 0.717) is 23.6 Å². The number of carbonyl (C=O) groups excluding carboxylic acids is 1. The summed E-state index contributed by atoms with van der Waals surface area (Å²) in [6, 6.07) is 2.76. The Labute approximate surface area is 166 Å². The van der Waals surface area contributed by atoms with Gasteiger partial charge in [-0.05, 0) is 47.9 Å². The van der Waals surface area contributed by atoms with Crippen LogP contribution in [-0.4, -0.2) is 43.1 Å². The van der Waals surface area contributed by atoms with Gasteiger partial charge in [0.2, 0.25) is 0 Å². The maximum atomic E-state index is 12.5. The Kier molecular flexibility index (Phi) is 7.13. The third-order valence-corrected chi connectivity index (χ3v) is 6.34. The van der Waals surface area contributed by atoms with E-state index in [1.54, 1.807) is 12.1 Å². The highest BCUT2D eigenvalue weighted by atomic mass is 35.5. The number of aliphatic hydroxyl groups excluding tert-OH is 1. The third kappa shape index (κ3) is 5.57. The van der Waals surface area contributed by atoms with Crippen LogP contribution in [0.1, 0.15) is 63.5 Å². The molecule has 0 radical (unpaired) electrons. The fourth-order valence-corrected chi connectivity index (χ4v) is 4.45. The molecule has 0 aromatic heterocycles. The average Bonchev–Trinajstić information content (AvgIpc) is 2.55. The smallest absolute Gasteiger partial charge is 0.333 e. The summed E-state index contributed by atoms with van der Waals surface area (Å²) in [6.07, 6.45) is 0.213. The minimum Gasteiger partial charge on any atom is -0.393 e. The van der Waals surface area contributed by atoms with Crippen molar-refractivity contribution >= 4 is 33.5 Å². The molecule has 0 aliphatic carbocycles. The molecule has 1 aromatic rings. The van der Waals surface area contributed by atoms with Crippen LogP contribution in [0, 0.1) is 0 Å². The van der Waals surface area contributed by atoms with Crippen LogP contribution in [0.15, 0.2) is 12.1 Å². The van der Waals surface area contributed by atoms with E-state index in [4.69, 9.17) is 11.6 Å². The minimum atomic E-state index is -3.97. The number of urea groups is 1. The monoisotopic (exact) mass is 417 g/mol. The number of aliphatic hydroxyl groups is 1. The second-order valence-corrected chi connectivity index (χ2v) is 9.57. The molecule has 27 heavy (non-hydrogen) atoms. The first-order valence-electron chi connectivity index (χ1n) is 9.11. The fourth-order valence-electron chi connectivity index (χ4n) is 3.11. The second kappa shape index (κ2) is 8.77. The minimum absolute atomic E-state index is 0.0942. The number of piperidine rings is 1. The molecule has 152 valence electrons. The number of nitrogens with one attached hydrogen (secondary N) is 2. The Morgan fingerprint density at radius 2 is 1.63 bits per heavy atom. The molecular weight excluding hydrogens is 390 g/mol. The highest BCUT2D eigenvalue weighted by Crippen LogP contribution is 2.35. The SMILES string of the molecule is CC(C)c1cc(Cl)cc(C(C)C)c1NC(=O)NS(=O)(=O)N1CCC(O)CC1. The van der Waals surface area contributed by atoms with Gasteiger partial charge in [-0.2, -0.15) is 12.7 Å². The average molecular weight is 418 g/mol. The number of benzene rings is 1. The lowest BCUT2D eigenvalue weighted by molar-refractivity contribution is 0.112. The summed E-state index contributed by atoms with van der Waals surface area (Å²) in [5, 5.41) is 12.8. The molecule has 0 spiro atoms. The van der Waals surface area contributed by atoms with Crippen molar-refractivity contribution in [2.24, 2.45) is 0 Å². The van der Waals surface area contributed by atoms with Gasteiger partial charge in [-0.3, -0.25) is 0 Å². The highest BCUT2D eigenvalue weighted by Gasteiger charge is 2.29. The molecule has 1 saturated heterocycles. The molecule has 1 aliphatic heterocycles. The first-order valence-corrected chi connectivity index (χ1v) is 10.9. The van der Waals surface area contributed by atoms with Crippen molar-refractivity contribution in [1.29, 1.82) is 0 Å². The molecule has 0 bridgehead atoms. The lowest BCUT2D eigenvalue weighted by Crippen LogP contribution is -2.48. The van der Waals surface area contributed by atoms with Gasteiger partial charge in [0, 0.05) is 23.8 Å². The van der Waals surface area contributed by atoms with Gasteiger partial charge < -0.3 is 10.4 Å². The summed E-state index contributed by atoms with van der Waals surface area (Å²) in [4.78, 5) is 12.5. The molecule has 2 rings (SSSR count). The molecule has 1 aromatic carbocycles. The van der Waals surface area contributed by atoms with E-state index in [2.05, 4.69) is 10.0 Å². The fraction of sp³-hybridized carbons (Fsp3) is 0.611. The summed E-state index contributed by atoms with van der Waals surface area (Å²) in [6.45, 7) is 8.28. The van der Waals surface area contributed by atoms with Crippen LogP contribution in [0.2, 0.25) is 5.02 Å². The number of amides is 2. The first kappa shape index (κ1) is 21.9. The Hall–Kier alpha value is -1.35. The Balaban J connectivity index is 2.22. The maximum absolute atomic E-state index is 12.5. The lowest BCUT2D eigenvalue weighted by Gasteiger charge is -2.28. The summed E-state index contributed by atoms with van der Waals surface area (Å²) < 4.78 is 28.1. The van der Waals surface area contributed by atoms with Gasteiger partial charge in [0.25, 0.3) is 0 Å². The Bertz CT molecular complexity index is 759. The van der Waals surface area contributed by atoms with Crippen LogP contribution in [0.4, 0.5) is 10.5 Å². The quantitative estimate of drug-likeness (QED) is 0.683. The second-order valence-electron chi connectivity index (χ2n) is 7.46. The summed E-state index contributed by atoms with van der Waals surface area (Å²) in [7, 11) is -3.97. The van der Waals surface area contributed by atoms with Gasteiger partial charge in [-0.25, -0.2) is 9.52 Å². The molecule has 1 fully saturated rings. The summed E-state index contributed by atoms with van der Waals surface area (Å²) in [5.74, 6) is 0.188. The highest BCUT2D eigenvalue weighted by molar-refractivity contribution is 7.87. The van der Waals surface area contributed by atoms with E-state index < -0.39 is 22.3 Å². The van der Waals surface area contributed by atoms with Gasteiger partial charge in [0.15, 0.2) is 0 Å². The molecule has 3 N–H and O–H groups in total. The molecule has 7 nitrogen and oxygen atoms in total. The number of rotatable bonds is 5. The van der Waals surface area contributed by atoms with Gasteiger partial charge >= 0.3 is 16.2 Å². The molecule has 9 heteroatoms. The van der Waals surface area contributed by atoms with Gasteiger partial charge in [-0.15, -0.1) is 0 Å². The van der Waals surface area contributed by atoms with Crippen molar-refractivity contribution in [1.82, 2.24) is 9.03 Å². The van der Waals surface area contributed by atoms with Gasteiger partial charge in [-0.1, -0.05) is 39.3 Å². The molecular formula is C18H28ClN3O4S. The number of anilines is 1. The van der Waals surface area contributed by atoms with Gasteiger partial charge in [0.05, 0.1) is 6.10 Å². The van der Waals surface area contributed by atoms with E-state index >= 15 is 0 Å². The van der Waals surface area contributed by atoms with Crippen LogP contribution in [0.25, 0.3) is 0 Å². The van der Waals surface area contributed by atoms with Crippen molar-refractivity contribution in [2.75, 3.05) is 18.4 Å². The van der Waals surface area contributed by atoms with Crippen molar-refractivity contribution in [2.45, 2.75) is 58.5 Å². The van der Waals surface area contributed by atoms with Crippen LogP contribution in [0.3, 0.4) is 0 Å². The zero-order valence-corrected chi connectivity index (χ0v) is 17.7. The Morgan fingerprint density at radius 3 is 2.07 bits per heavy atom. The molecule has 0 saturated carbocycles. The van der Waals surface area contributed by atoms with E-state index in [1.165, 1.54) is 4.31 Å². The molecule has 1 heterocycles. The predicted octanol–water partition coefficient (Wildman–Crippen LogP) is 3.41. The van der Waals surface area contributed by atoms with Crippen LogP contribution < -0.4 is 10.0 Å². The molecule has 0 unspecified atom stereocenters. The molecule has 2 amide bonds. The molecule has 0 atom stereocenters. The van der Waals surface area contributed by atoms with Crippen LogP contribution >= 0.6 is 11.6 Å². The van der Waals surface area contributed by atoms with E-state index in [1.807, 2.05) is 27.7 Å². The van der Waals surface area contributed by atoms with E-state index in [-0.39, 0.29) is 24.9 Å². The van der Waals surface area contributed by atoms with Crippen molar-refractivity contribution in [3.63, 3.8) is 0 Å². The molecule has 1 aliphatic rings. The number of nitrogens with zero attached hydrogens (tertiary/aromatic N) is 1. The van der Waals surface area contributed by atoms with Crippen LogP contribution in [-0.2, 0) is 10.2 Å². The standard InChI is InChI=1S/C18H28ClN3O4S/c1-11(2)15-9-13(19)10-16(12(3)4)17(15)20-18(24)21-27(25,26)22-7-5-14(23)6-8-22/h9-12,14,23H,5-8H2,1-4H3,(H2,20,21,24). The van der Waals surface area contributed by atoms with E-state index in [9.17, 15) is 18.3 Å². The summed E-state index contributed by atoms with van der Waals surface area (Å²) in [5.41, 5.74) is 2.28. The first-order chi connectivity index (χ1) is 12.5. The lowest BCUT2D eigenvalue weighted by atomic mass is 9.92. The number of halogens is 1. The Morgan fingerprint density at radius 1 is 1.15 bits per heavy atom. The number of hydrogen-bond acceptors (Lipinski definition) is 4. The normalized spacial score (nSPS) is 16.7. The topological polar surface area (TPSA) is 98.7 Å². The van der Waals surface area contributed by atoms with Gasteiger partial charge in [0.1, 0.15) is 0 Å². The predicted molar refractivity (Wildman–Crippen MR) is 108 cm³/mol. The summed E-state index contributed by atoms with van der Waals surface area (Å²) >= 11 is 6.22. The zero-order valence-electron chi connectivity index (χ0n) is 16.1. The number of carbonyl (C=O) groups is 1. The zero-order chi connectivity index (χ0) is 20.4. The number of hydrogen-bond donors (Lipinski definition) is 3. The van der Waals surface area contributed by atoms with E-state index in [0.717, 1.165) is 11.1 Å².